The van der Waals surface area contributed by atoms with E-state index in [0.717, 1.165) is 11.3 Å². The van der Waals surface area contributed by atoms with Gasteiger partial charge < -0.3 is 4.74 Å². The van der Waals surface area contributed by atoms with Gasteiger partial charge in [-0.25, -0.2) is 0 Å². The molecular weight excluding hydrogens is 212 g/mol. The molecule has 0 spiro atoms. The molecule has 15 heavy (non-hydrogen) atoms. The summed E-state index contributed by atoms with van der Waals surface area (Å²) in [5.41, 5.74) is 1.56. The summed E-state index contributed by atoms with van der Waals surface area (Å²) in [5.74, 6) is 0.652. The summed E-state index contributed by atoms with van der Waals surface area (Å²) < 4.78 is 5.39. The number of alkyl halides is 1. The first kappa shape index (κ1) is 11.8. The Labute approximate surface area is 94.5 Å². The van der Waals surface area contributed by atoms with Crippen LogP contribution < -0.4 is 4.74 Å². The molecule has 0 heterocycles. The van der Waals surface area contributed by atoms with E-state index < -0.39 is 0 Å². The minimum atomic E-state index is -0.0804. The highest BCUT2D eigenvalue weighted by molar-refractivity contribution is 6.30. The van der Waals surface area contributed by atoms with Gasteiger partial charge in [-0.2, -0.15) is 0 Å². The summed E-state index contributed by atoms with van der Waals surface area (Å²) in [6, 6.07) is 6.92. The van der Waals surface area contributed by atoms with Crippen molar-refractivity contribution in [1.82, 2.24) is 0 Å². The number of benzene rings is 1. The van der Waals surface area contributed by atoms with Crippen molar-refractivity contribution in [2.75, 3.05) is 12.5 Å². The summed E-state index contributed by atoms with van der Waals surface area (Å²) in [5, 5.41) is 0. The molecular formula is C12H13ClO2. The minimum Gasteiger partial charge on any atom is -0.489 e. The van der Waals surface area contributed by atoms with Gasteiger partial charge in [0.2, 0.25) is 0 Å². The predicted octanol–water partition coefficient (Wildman–Crippen LogP) is 3.06. The van der Waals surface area contributed by atoms with Crippen molar-refractivity contribution in [3.63, 3.8) is 0 Å². The van der Waals surface area contributed by atoms with E-state index in [9.17, 15) is 4.79 Å². The van der Waals surface area contributed by atoms with E-state index in [-0.39, 0.29) is 11.7 Å². The Morgan fingerprint density at radius 2 is 2.00 bits per heavy atom. The van der Waals surface area contributed by atoms with E-state index in [1.54, 1.807) is 24.3 Å². The molecule has 3 heteroatoms. The number of hydrogen-bond donors (Lipinski definition) is 0. The Morgan fingerprint density at radius 1 is 1.40 bits per heavy atom. The van der Waals surface area contributed by atoms with Gasteiger partial charge in [-0.3, -0.25) is 4.79 Å². The average Bonchev–Trinajstić information content (AvgIpc) is 2.26. The highest BCUT2D eigenvalue weighted by Gasteiger charge is 2.03. The molecule has 2 nitrogen and oxygen atoms in total. The lowest BCUT2D eigenvalue weighted by Crippen LogP contribution is -2.01. The van der Waals surface area contributed by atoms with Crippen molar-refractivity contribution in [1.29, 1.82) is 0 Å². The standard InChI is InChI=1S/C12H13ClO2/c1-9(2)8-15-11-5-3-10(4-6-11)12(14)7-13/h3-6H,1,7-8H2,2H3. The third-order valence-corrected chi connectivity index (χ3v) is 2.03. The lowest BCUT2D eigenvalue weighted by molar-refractivity contribution is 0.102. The number of carbonyl (C=O) groups excluding carboxylic acids is 1. The number of ketones is 1. The van der Waals surface area contributed by atoms with Crippen LogP contribution in [0.25, 0.3) is 0 Å². The second-order valence-electron chi connectivity index (χ2n) is 3.33. The molecule has 0 aliphatic rings. The highest BCUT2D eigenvalue weighted by Crippen LogP contribution is 2.13. The molecule has 0 N–H and O–H groups in total. The maximum Gasteiger partial charge on any atom is 0.177 e. The first-order valence-electron chi connectivity index (χ1n) is 4.60. The van der Waals surface area contributed by atoms with Crippen LogP contribution in [0.2, 0.25) is 0 Å². The predicted molar refractivity (Wildman–Crippen MR) is 61.8 cm³/mol. The molecule has 1 rings (SSSR count). The average molecular weight is 225 g/mol. The monoisotopic (exact) mass is 224 g/mol. The van der Waals surface area contributed by atoms with E-state index in [0.29, 0.717) is 12.2 Å². The summed E-state index contributed by atoms with van der Waals surface area (Å²) in [4.78, 5) is 11.2. The zero-order chi connectivity index (χ0) is 11.3. The normalized spacial score (nSPS) is 9.73. The Kier molecular flexibility index (Phi) is 4.37. The van der Waals surface area contributed by atoms with Crippen LogP contribution in [0.3, 0.4) is 0 Å². The topological polar surface area (TPSA) is 26.3 Å². The van der Waals surface area contributed by atoms with Gasteiger partial charge in [-0.05, 0) is 36.8 Å². The molecule has 0 amide bonds. The molecule has 0 bridgehead atoms. The number of ether oxygens (including phenoxy) is 1. The van der Waals surface area contributed by atoms with Crippen LogP contribution in [0.4, 0.5) is 0 Å². The zero-order valence-electron chi connectivity index (χ0n) is 8.63. The highest BCUT2D eigenvalue weighted by atomic mass is 35.5. The number of Topliss-reactive ketones (excluding diaryl/α,β-unsaturated/α-hetero) is 1. The maximum atomic E-state index is 11.2. The van der Waals surface area contributed by atoms with Gasteiger partial charge >= 0.3 is 0 Å². The van der Waals surface area contributed by atoms with Crippen LogP contribution in [0.5, 0.6) is 5.75 Å². The van der Waals surface area contributed by atoms with Gasteiger partial charge in [0.25, 0.3) is 0 Å². The van der Waals surface area contributed by atoms with Crippen molar-refractivity contribution in [2.45, 2.75) is 6.92 Å². The van der Waals surface area contributed by atoms with Gasteiger partial charge in [0.1, 0.15) is 12.4 Å². The SMILES string of the molecule is C=C(C)COc1ccc(C(=O)CCl)cc1. The summed E-state index contributed by atoms with van der Waals surface area (Å²) in [7, 11) is 0. The van der Waals surface area contributed by atoms with Crippen molar-refractivity contribution in [2.24, 2.45) is 0 Å². The first-order chi connectivity index (χ1) is 7.13. The molecule has 0 unspecified atom stereocenters. The van der Waals surface area contributed by atoms with Crippen molar-refractivity contribution in [3.8, 4) is 5.75 Å². The summed E-state index contributed by atoms with van der Waals surface area (Å²) in [6.07, 6.45) is 0. The fraction of sp³-hybridized carbons (Fsp3) is 0.250. The number of rotatable bonds is 5. The number of halogens is 1. The molecule has 0 saturated heterocycles. The minimum absolute atomic E-state index is 0.00592. The molecule has 0 aliphatic heterocycles. The van der Waals surface area contributed by atoms with Crippen LogP contribution in [0.15, 0.2) is 36.4 Å². The third kappa shape index (κ3) is 3.76. The Morgan fingerprint density at radius 3 is 2.47 bits per heavy atom. The fourth-order valence-electron chi connectivity index (χ4n) is 1.02. The third-order valence-electron chi connectivity index (χ3n) is 1.78. The molecule has 0 fully saturated rings. The van der Waals surface area contributed by atoms with E-state index in [2.05, 4.69) is 6.58 Å². The van der Waals surface area contributed by atoms with Gasteiger partial charge in [0, 0.05) is 5.56 Å². The zero-order valence-corrected chi connectivity index (χ0v) is 9.38. The first-order valence-corrected chi connectivity index (χ1v) is 5.13. The molecule has 0 atom stereocenters. The van der Waals surface area contributed by atoms with E-state index in [4.69, 9.17) is 16.3 Å². The Balaban J connectivity index is 2.64. The molecule has 0 aromatic heterocycles. The second-order valence-corrected chi connectivity index (χ2v) is 3.59. The molecule has 0 aliphatic carbocycles. The lowest BCUT2D eigenvalue weighted by atomic mass is 10.1. The van der Waals surface area contributed by atoms with Crippen LogP contribution in [0, 0.1) is 0 Å². The number of carbonyl (C=O) groups is 1. The van der Waals surface area contributed by atoms with Gasteiger partial charge in [-0.1, -0.05) is 6.58 Å². The molecule has 0 saturated carbocycles. The lowest BCUT2D eigenvalue weighted by Gasteiger charge is -2.05. The summed E-state index contributed by atoms with van der Waals surface area (Å²) >= 11 is 5.44. The second kappa shape index (κ2) is 5.56. The molecule has 1 aromatic rings. The van der Waals surface area contributed by atoms with Gasteiger partial charge in [-0.15, -0.1) is 11.6 Å². The van der Waals surface area contributed by atoms with Gasteiger partial charge in [0.05, 0.1) is 5.88 Å². The van der Waals surface area contributed by atoms with Crippen molar-refractivity contribution in [3.05, 3.63) is 42.0 Å². The van der Waals surface area contributed by atoms with Crippen molar-refractivity contribution >= 4 is 17.4 Å². The molecule has 80 valence electrons. The van der Waals surface area contributed by atoms with Crippen LogP contribution in [-0.2, 0) is 0 Å². The van der Waals surface area contributed by atoms with Crippen LogP contribution in [0.1, 0.15) is 17.3 Å². The van der Waals surface area contributed by atoms with E-state index >= 15 is 0 Å². The Hall–Kier alpha value is -1.28. The fourth-order valence-corrected chi connectivity index (χ4v) is 1.18. The quantitative estimate of drug-likeness (QED) is 0.437. The van der Waals surface area contributed by atoms with E-state index in [1.807, 2.05) is 6.92 Å². The molecule has 1 aromatic carbocycles. The largest absolute Gasteiger partial charge is 0.489 e. The maximum absolute atomic E-state index is 11.2. The van der Waals surface area contributed by atoms with E-state index in [1.165, 1.54) is 0 Å². The van der Waals surface area contributed by atoms with Gasteiger partial charge in [0.15, 0.2) is 5.78 Å². The number of hydrogen-bond acceptors (Lipinski definition) is 2. The Bertz CT molecular complexity index is 354. The van der Waals surface area contributed by atoms with Crippen LogP contribution >= 0.6 is 11.6 Å². The molecule has 0 radical (unpaired) electrons. The smallest absolute Gasteiger partial charge is 0.177 e. The van der Waals surface area contributed by atoms with Crippen LogP contribution in [-0.4, -0.2) is 18.3 Å². The van der Waals surface area contributed by atoms with Crippen molar-refractivity contribution < 1.29 is 9.53 Å². The summed E-state index contributed by atoms with van der Waals surface area (Å²) in [6.45, 7) is 6.12.